The van der Waals surface area contributed by atoms with Crippen LogP contribution in [0.3, 0.4) is 0 Å². The van der Waals surface area contributed by atoms with Crippen molar-refractivity contribution < 1.29 is 9.84 Å². The molecule has 0 spiro atoms. The molecule has 0 aliphatic heterocycles. The van der Waals surface area contributed by atoms with E-state index in [1.807, 2.05) is 31.2 Å². The minimum absolute atomic E-state index is 0.344. The van der Waals surface area contributed by atoms with Gasteiger partial charge in [0.15, 0.2) is 5.82 Å². The van der Waals surface area contributed by atoms with E-state index in [4.69, 9.17) is 4.74 Å². The topological polar surface area (TPSA) is 55.2 Å². The first-order chi connectivity index (χ1) is 8.79. The minimum Gasteiger partial charge on any atom is -0.486 e. The maximum absolute atomic E-state index is 9.67. The Labute approximate surface area is 106 Å². The summed E-state index contributed by atoms with van der Waals surface area (Å²) in [4.78, 5) is 8.15. The Hall–Kier alpha value is -1.94. The Bertz CT molecular complexity index is 471. The molecule has 0 radical (unpaired) electrons. The second-order valence-corrected chi connectivity index (χ2v) is 3.95. The summed E-state index contributed by atoms with van der Waals surface area (Å²) < 4.78 is 5.55. The lowest BCUT2D eigenvalue weighted by Crippen LogP contribution is -2.01. The summed E-state index contributed by atoms with van der Waals surface area (Å²) in [5, 5.41) is 9.67. The van der Waals surface area contributed by atoms with E-state index in [0.29, 0.717) is 18.9 Å². The number of hydrogen-bond acceptors (Lipinski definition) is 4. The van der Waals surface area contributed by atoms with Gasteiger partial charge in [0.05, 0.1) is 6.10 Å². The number of hydrogen-bond donors (Lipinski definition) is 1. The van der Waals surface area contributed by atoms with Crippen molar-refractivity contribution in [1.82, 2.24) is 9.97 Å². The predicted octanol–water partition coefficient (Wildman–Crippen LogP) is 2.50. The quantitative estimate of drug-likeness (QED) is 0.878. The molecule has 0 aliphatic rings. The highest BCUT2D eigenvalue weighted by atomic mass is 16.5. The third-order valence-electron chi connectivity index (χ3n) is 2.64. The van der Waals surface area contributed by atoms with Crippen molar-refractivity contribution >= 4 is 0 Å². The van der Waals surface area contributed by atoms with Crippen molar-refractivity contribution in [3.63, 3.8) is 0 Å². The standard InChI is InChI=1S/C14H16N2O2/c1-2-13(17)11-4-6-12(7-5-11)18-10-14-15-8-3-9-16-14/h3-9,13,17H,2,10H2,1H3/t13-/m0/s1. The zero-order chi connectivity index (χ0) is 12.8. The van der Waals surface area contributed by atoms with Gasteiger partial charge >= 0.3 is 0 Å². The van der Waals surface area contributed by atoms with Gasteiger partial charge in [-0.1, -0.05) is 19.1 Å². The lowest BCUT2D eigenvalue weighted by atomic mass is 10.1. The third-order valence-corrected chi connectivity index (χ3v) is 2.64. The van der Waals surface area contributed by atoms with Crippen molar-refractivity contribution in [2.75, 3.05) is 0 Å². The number of benzene rings is 1. The van der Waals surface area contributed by atoms with Gasteiger partial charge in [-0.2, -0.15) is 0 Å². The summed E-state index contributed by atoms with van der Waals surface area (Å²) >= 11 is 0. The molecule has 1 heterocycles. The van der Waals surface area contributed by atoms with Crippen LogP contribution in [-0.4, -0.2) is 15.1 Å². The van der Waals surface area contributed by atoms with E-state index in [-0.39, 0.29) is 0 Å². The average molecular weight is 244 g/mol. The van der Waals surface area contributed by atoms with E-state index in [1.54, 1.807) is 18.5 Å². The normalized spacial score (nSPS) is 12.1. The van der Waals surface area contributed by atoms with Crippen LogP contribution in [0.4, 0.5) is 0 Å². The predicted molar refractivity (Wildman–Crippen MR) is 68.1 cm³/mol. The zero-order valence-corrected chi connectivity index (χ0v) is 10.3. The molecule has 0 amide bonds. The Kier molecular flexibility index (Phi) is 4.25. The number of nitrogens with zero attached hydrogens (tertiary/aromatic N) is 2. The Morgan fingerprint density at radius 1 is 1.17 bits per heavy atom. The van der Waals surface area contributed by atoms with Gasteiger partial charge in [-0.15, -0.1) is 0 Å². The molecule has 4 nitrogen and oxygen atoms in total. The first-order valence-electron chi connectivity index (χ1n) is 5.96. The summed E-state index contributed by atoms with van der Waals surface area (Å²) in [6.45, 7) is 2.29. The first kappa shape index (κ1) is 12.5. The molecule has 2 rings (SSSR count). The third kappa shape index (κ3) is 3.28. The van der Waals surface area contributed by atoms with Gasteiger partial charge in [0.2, 0.25) is 0 Å². The van der Waals surface area contributed by atoms with Crippen molar-refractivity contribution in [1.29, 1.82) is 0 Å². The van der Waals surface area contributed by atoms with Crippen LogP contribution in [0.5, 0.6) is 5.75 Å². The Morgan fingerprint density at radius 3 is 2.44 bits per heavy atom. The summed E-state index contributed by atoms with van der Waals surface area (Å²) in [6.07, 6.45) is 3.67. The van der Waals surface area contributed by atoms with E-state index >= 15 is 0 Å². The van der Waals surface area contributed by atoms with Crippen molar-refractivity contribution in [3.05, 3.63) is 54.1 Å². The molecule has 0 saturated heterocycles. The van der Waals surface area contributed by atoms with E-state index in [1.165, 1.54) is 0 Å². The largest absolute Gasteiger partial charge is 0.486 e. The lowest BCUT2D eigenvalue weighted by molar-refractivity contribution is 0.173. The van der Waals surface area contributed by atoms with Crippen LogP contribution in [0.1, 0.15) is 30.8 Å². The van der Waals surface area contributed by atoms with Gasteiger partial charge in [-0.3, -0.25) is 0 Å². The summed E-state index contributed by atoms with van der Waals surface area (Å²) in [5.74, 6) is 1.39. The van der Waals surface area contributed by atoms with Crippen molar-refractivity contribution in [2.24, 2.45) is 0 Å². The molecule has 0 aliphatic carbocycles. The number of rotatable bonds is 5. The fourth-order valence-corrected chi connectivity index (χ4v) is 1.57. The molecular formula is C14H16N2O2. The maximum atomic E-state index is 9.67. The van der Waals surface area contributed by atoms with Gasteiger partial charge in [-0.05, 0) is 30.2 Å². The maximum Gasteiger partial charge on any atom is 0.166 e. The Balaban J connectivity index is 1.94. The summed E-state index contributed by atoms with van der Waals surface area (Å²) in [5.41, 5.74) is 0.904. The van der Waals surface area contributed by atoms with Crippen LogP contribution in [0, 0.1) is 0 Å². The molecule has 1 N–H and O–H groups in total. The molecule has 0 bridgehead atoms. The molecule has 0 fully saturated rings. The minimum atomic E-state index is -0.406. The van der Waals surface area contributed by atoms with Crippen molar-refractivity contribution in [3.8, 4) is 5.75 Å². The number of ether oxygens (including phenoxy) is 1. The zero-order valence-electron chi connectivity index (χ0n) is 10.3. The summed E-state index contributed by atoms with van der Waals surface area (Å²) in [7, 11) is 0. The average Bonchev–Trinajstić information content (AvgIpc) is 2.46. The van der Waals surface area contributed by atoms with Crippen molar-refractivity contribution in [2.45, 2.75) is 26.1 Å². The molecule has 0 saturated carbocycles. The van der Waals surface area contributed by atoms with E-state index in [2.05, 4.69) is 9.97 Å². The monoisotopic (exact) mass is 244 g/mol. The van der Waals surface area contributed by atoms with Gasteiger partial charge in [0.25, 0.3) is 0 Å². The van der Waals surface area contributed by atoms with Gasteiger partial charge in [-0.25, -0.2) is 9.97 Å². The van der Waals surface area contributed by atoms with Gasteiger partial charge < -0.3 is 9.84 Å². The molecule has 18 heavy (non-hydrogen) atoms. The van der Waals surface area contributed by atoms with Gasteiger partial charge in [0.1, 0.15) is 12.4 Å². The van der Waals surface area contributed by atoms with Crippen LogP contribution in [0.2, 0.25) is 0 Å². The molecule has 1 aromatic heterocycles. The van der Waals surface area contributed by atoms with Crippen LogP contribution in [0.15, 0.2) is 42.7 Å². The Morgan fingerprint density at radius 2 is 1.83 bits per heavy atom. The highest BCUT2D eigenvalue weighted by Crippen LogP contribution is 2.20. The van der Waals surface area contributed by atoms with Crippen LogP contribution in [-0.2, 0) is 6.61 Å². The fraction of sp³-hybridized carbons (Fsp3) is 0.286. The molecule has 0 unspecified atom stereocenters. The molecular weight excluding hydrogens is 228 g/mol. The van der Waals surface area contributed by atoms with Crippen LogP contribution >= 0.6 is 0 Å². The second kappa shape index (κ2) is 6.12. The van der Waals surface area contributed by atoms with Crippen LogP contribution in [0.25, 0.3) is 0 Å². The number of aromatic nitrogens is 2. The number of aliphatic hydroxyl groups is 1. The van der Waals surface area contributed by atoms with E-state index in [9.17, 15) is 5.11 Å². The fourth-order valence-electron chi connectivity index (χ4n) is 1.57. The van der Waals surface area contributed by atoms with E-state index in [0.717, 1.165) is 11.3 Å². The molecule has 1 atom stereocenters. The molecule has 1 aromatic carbocycles. The second-order valence-electron chi connectivity index (χ2n) is 3.95. The highest BCUT2D eigenvalue weighted by Gasteiger charge is 2.04. The SMILES string of the molecule is CC[C@H](O)c1ccc(OCc2ncccn2)cc1. The smallest absolute Gasteiger partial charge is 0.166 e. The lowest BCUT2D eigenvalue weighted by Gasteiger charge is -2.09. The molecule has 2 aromatic rings. The van der Waals surface area contributed by atoms with Gasteiger partial charge in [0, 0.05) is 12.4 Å². The van der Waals surface area contributed by atoms with E-state index < -0.39 is 6.10 Å². The highest BCUT2D eigenvalue weighted by molar-refractivity contribution is 5.28. The first-order valence-corrected chi connectivity index (χ1v) is 5.96. The molecule has 94 valence electrons. The summed E-state index contributed by atoms with van der Waals surface area (Å²) in [6, 6.07) is 9.20. The molecule has 4 heteroatoms. The van der Waals surface area contributed by atoms with Crippen LogP contribution < -0.4 is 4.74 Å². The number of aliphatic hydroxyl groups excluding tert-OH is 1.